The lowest BCUT2D eigenvalue weighted by atomic mass is 9.84. The van der Waals surface area contributed by atoms with Crippen LogP contribution in [0.15, 0.2) is 18.2 Å². The van der Waals surface area contributed by atoms with Crippen molar-refractivity contribution in [2.45, 2.75) is 64.2 Å². The van der Waals surface area contributed by atoms with Gasteiger partial charge >= 0.3 is 0 Å². The Kier molecular flexibility index (Phi) is 3.33. The van der Waals surface area contributed by atoms with E-state index >= 15 is 0 Å². The number of benzene rings is 1. The lowest BCUT2D eigenvalue weighted by molar-refractivity contribution is 0.434. The smallest absolute Gasteiger partial charge is 0.0958 e. The van der Waals surface area contributed by atoms with Crippen LogP contribution in [0.4, 0.5) is 0 Å². The summed E-state index contributed by atoms with van der Waals surface area (Å²) in [6, 6.07) is 6.85. The van der Waals surface area contributed by atoms with Gasteiger partial charge in [-0.1, -0.05) is 43.0 Å². The van der Waals surface area contributed by atoms with Crippen molar-refractivity contribution in [2.75, 3.05) is 0 Å². The summed E-state index contributed by atoms with van der Waals surface area (Å²) in [6.45, 7) is 2.18. The van der Waals surface area contributed by atoms with Gasteiger partial charge in [-0.15, -0.1) is 0 Å². The van der Waals surface area contributed by atoms with E-state index in [0.29, 0.717) is 0 Å². The van der Waals surface area contributed by atoms with Crippen molar-refractivity contribution in [1.29, 1.82) is 0 Å². The van der Waals surface area contributed by atoms with Crippen molar-refractivity contribution in [2.24, 2.45) is 0 Å². The number of fused-ring (bicyclic) bond motifs is 3. The summed E-state index contributed by atoms with van der Waals surface area (Å²) in [5.41, 5.74) is 8.42. The van der Waals surface area contributed by atoms with Crippen LogP contribution in [0.5, 0.6) is 0 Å². The lowest BCUT2D eigenvalue weighted by Gasteiger charge is -2.21. The molecule has 2 heteroatoms. The molecule has 0 amide bonds. The van der Waals surface area contributed by atoms with E-state index in [0.717, 1.165) is 5.92 Å². The second-order valence-electron chi connectivity index (χ2n) is 6.81. The average Bonchev–Trinajstić information content (AvgIpc) is 2.84. The maximum absolute atomic E-state index is 4.74. The first-order chi connectivity index (χ1) is 10.3. The highest BCUT2D eigenvalue weighted by molar-refractivity contribution is 5.69. The Morgan fingerprint density at radius 1 is 1.05 bits per heavy atom. The van der Waals surface area contributed by atoms with Gasteiger partial charge in [0.25, 0.3) is 0 Å². The van der Waals surface area contributed by atoms with Crippen LogP contribution >= 0.6 is 0 Å². The zero-order chi connectivity index (χ0) is 14.2. The fraction of sp³-hybridized carbons (Fsp3) is 0.526. The molecular weight excluding hydrogens is 256 g/mol. The summed E-state index contributed by atoms with van der Waals surface area (Å²) in [5.74, 6) is 0.724. The SMILES string of the molecule is Cc1ccc2c(c1)CCCc1c-2n[nH]c1C1CCCCC1. The molecule has 0 radical (unpaired) electrons. The van der Waals surface area contributed by atoms with Gasteiger partial charge < -0.3 is 0 Å². The second-order valence-corrected chi connectivity index (χ2v) is 6.81. The molecule has 0 aliphatic heterocycles. The highest BCUT2D eigenvalue weighted by atomic mass is 15.1. The predicted molar refractivity (Wildman–Crippen MR) is 86.6 cm³/mol. The molecule has 1 N–H and O–H groups in total. The van der Waals surface area contributed by atoms with Crippen LogP contribution in [0, 0.1) is 6.92 Å². The van der Waals surface area contributed by atoms with E-state index in [1.807, 2.05) is 0 Å². The summed E-state index contributed by atoms with van der Waals surface area (Å²) >= 11 is 0. The zero-order valence-electron chi connectivity index (χ0n) is 12.9. The molecule has 0 saturated heterocycles. The zero-order valence-corrected chi connectivity index (χ0v) is 12.9. The van der Waals surface area contributed by atoms with Gasteiger partial charge in [-0.05, 0) is 44.6 Å². The van der Waals surface area contributed by atoms with Gasteiger partial charge in [0.1, 0.15) is 0 Å². The van der Waals surface area contributed by atoms with Gasteiger partial charge in [-0.3, -0.25) is 5.10 Å². The van der Waals surface area contributed by atoms with Crippen molar-refractivity contribution >= 4 is 0 Å². The Labute approximate surface area is 127 Å². The molecule has 1 heterocycles. The minimum atomic E-state index is 0.724. The minimum absolute atomic E-state index is 0.724. The molecule has 0 atom stereocenters. The number of rotatable bonds is 1. The standard InChI is InChI=1S/C19H24N2/c1-13-10-11-16-15(12-13)8-5-9-17-18(20-21-19(16)17)14-6-3-2-4-7-14/h10-12,14H,2-9H2,1H3,(H,20,21). The monoisotopic (exact) mass is 280 g/mol. The van der Waals surface area contributed by atoms with Crippen LogP contribution in [-0.4, -0.2) is 10.2 Å². The third-order valence-electron chi connectivity index (χ3n) is 5.30. The molecule has 2 nitrogen and oxygen atoms in total. The number of nitrogens with zero attached hydrogens (tertiary/aromatic N) is 1. The molecule has 4 rings (SSSR count). The Hall–Kier alpha value is -1.57. The summed E-state index contributed by atoms with van der Waals surface area (Å²) in [4.78, 5) is 0. The maximum Gasteiger partial charge on any atom is 0.0958 e. The predicted octanol–water partition coefficient (Wildman–Crippen LogP) is 4.92. The molecule has 1 aromatic carbocycles. The summed E-state index contributed by atoms with van der Waals surface area (Å²) in [5, 5.41) is 8.16. The molecule has 0 spiro atoms. The normalized spacial score (nSPS) is 18.9. The van der Waals surface area contributed by atoms with Crippen molar-refractivity contribution in [3.05, 3.63) is 40.6 Å². The topological polar surface area (TPSA) is 28.7 Å². The minimum Gasteiger partial charge on any atom is -0.281 e. The number of H-pyrrole nitrogens is 1. The summed E-state index contributed by atoms with van der Waals surface area (Å²) in [7, 11) is 0. The molecule has 21 heavy (non-hydrogen) atoms. The van der Waals surface area contributed by atoms with Crippen LogP contribution in [0.25, 0.3) is 11.3 Å². The van der Waals surface area contributed by atoms with E-state index in [1.165, 1.54) is 85.0 Å². The number of aryl methyl sites for hydroxylation is 2. The van der Waals surface area contributed by atoms with Gasteiger partial charge in [0.15, 0.2) is 0 Å². The Bertz CT molecular complexity index is 648. The fourth-order valence-electron chi connectivity index (χ4n) is 4.20. The number of aromatic amines is 1. The van der Waals surface area contributed by atoms with Gasteiger partial charge in [-0.25, -0.2) is 0 Å². The molecule has 2 aliphatic rings. The summed E-state index contributed by atoms with van der Waals surface area (Å²) < 4.78 is 0. The lowest BCUT2D eigenvalue weighted by Crippen LogP contribution is -2.07. The number of aromatic nitrogens is 2. The first-order valence-corrected chi connectivity index (χ1v) is 8.50. The number of hydrogen-bond acceptors (Lipinski definition) is 1. The third kappa shape index (κ3) is 2.31. The van der Waals surface area contributed by atoms with E-state index in [1.54, 1.807) is 0 Å². The van der Waals surface area contributed by atoms with Crippen LogP contribution in [0.1, 0.15) is 66.8 Å². The molecule has 1 aromatic heterocycles. The third-order valence-corrected chi connectivity index (χ3v) is 5.30. The average molecular weight is 280 g/mol. The van der Waals surface area contributed by atoms with Crippen LogP contribution in [0.3, 0.4) is 0 Å². The van der Waals surface area contributed by atoms with Gasteiger partial charge in [0.2, 0.25) is 0 Å². The highest BCUT2D eigenvalue weighted by Crippen LogP contribution is 2.39. The van der Waals surface area contributed by atoms with Gasteiger partial charge in [-0.2, -0.15) is 5.10 Å². The molecule has 1 fully saturated rings. The van der Waals surface area contributed by atoms with Crippen LogP contribution < -0.4 is 0 Å². The quantitative estimate of drug-likeness (QED) is 0.789. The molecular formula is C19H24N2. The van der Waals surface area contributed by atoms with E-state index in [2.05, 4.69) is 30.2 Å². The number of hydrogen-bond donors (Lipinski definition) is 1. The van der Waals surface area contributed by atoms with Crippen molar-refractivity contribution in [3.63, 3.8) is 0 Å². The van der Waals surface area contributed by atoms with E-state index in [-0.39, 0.29) is 0 Å². The van der Waals surface area contributed by atoms with Gasteiger partial charge in [0, 0.05) is 22.7 Å². The Balaban J connectivity index is 1.78. The van der Waals surface area contributed by atoms with Crippen LogP contribution in [-0.2, 0) is 12.8 Å². The van der Waals surface area contributed by atoms with Crippen LogP contribution in [0.2, 0.25) is 0 Å². The molecule has 1 saturated carbocycles. The molecule has 110 valence electrons. The first kappa shape index (κ1) is 13.1. The largest absolute Gasteiger partial charge is 0.281 e. The van der Waals surface area contributed by atoms with Crippen molar-refractivity contribution in [1.82, 2.24) is 10.2 Å². The first-order valence-electron chi connectivity index (χ1n) is 8.50. The molecule has 0 bridgehead atoms. The Morgan fingerprint density at radius 2 is 1.90 bits per heavy atom. The maximum atomic E-state index is 4.74. The van der Waals surface area contributed by atoms with E-state index < -0.39 is 0 Å². The van der Waals surface area contributed by atoms with Gasteiger partial charge in [0.05, 0.1) is 5.69 Å². The Morgan fingerprint density at radius 3 is 2.76 bits per heavy atom. The molecule has 2 aromatic rings. The van der Waals surface area contributed by atoms with E-state index in [4.69, 9.17) is 5.10 Å². The summed E-state index contributed by atoms with van der Waals surface area (Å²) in [6.07, 6.45) is 10.5. The fourth-order valence-corrected chi connectivity index (χ4v) is 4.20. The van der Waals surface area contributed by atoms with Crippen molar-refractivity contribution in [3.8, 4) is 11.3 Å². The van der Waals surface area contributed by atoms with E-state index in [9.17, 15) is 0 Å². The number of nitrogens with one attached hydrogen (secondary N) is 1. The van der Waals surface area contributed by atoms with Crippen molar-refractivity contribution < 1.29 is 0 Å². The molecule has 0 unspecified atom stereocenters. The highest BCUT2D eigenvalue weighted by Gasteiger charge is 2.25. The molecule has 2 aliphatic carbocycles. The second kappa shape index (κ2) is 5.32.